The topological polar surface area (TPSA) is 58.6 Å². The van der Waals surface area contributed by atoms with E-state index in [1.54, 1.807) is 18.1 Å². The molecule has 35 heavy (non-hydrogen) atoms. The molecule has 1 saturated heterocycles. The fourth-order valence-electron chi connectivity index (χ4n) is 4.79. The third kappa shape index (κ3) is 5.88. The van der Waals surface area contributed by atoms with Crippen LogP contribution in [0.5, 0.6) is 5.75 Å². The number of nitrogens with zero attached hydrogens (tertiary/aromatic N) is 1. The van der Waals surface area contributed by atoms with E-state index in [1.807, 2.05) is 49.4 Å². The van der Waals surface area contributed by atoms with Crippen molar-refractivity contribution < 1.29 is 18.7 Å². The van der Waals surface area contributed by atoms with Crippen LogP contribution in [0.15, 0.2) is 72.8 Å². The van der Waals surface area contributed by atoms with Crippen LogP contribution in [0.4, 0.5) is 4.39 Å². The first-order valence-corrected chi connectivity index (χ1v) is 12.0. The molecule has 5 nitrogen and oxygen atoms in total. The van der Waals surface area contributed by atoms with Gasteiger partial charge in [0.1, 0.15) is 11.6 Å². The van der Waals surface area contributed by atoms with Crippen molar-refractivity contribution >= 4 is 11.8 Å². The van der Waals surface area contributed by atoms with Gasteiger partial charge >= 0.3 is 0 Å². The highest BCUT2D eigenvalue weighted by Crippen LogP contribution is 2.35. The number of rotatable bonds is 7. The Morgan fingerprint density at radius 1 is 1.03 bits per heavy atom. The number of halogens is 1. The van der Waals surface area contributed by atoms with Gasteiger partial charge in [0.15, 0.2) is 0 Å². The molecule has 182 valence electrons. The van der Waals surface area contributed by atoms with E-state index in [0.717, 1.165) is 22.4 Å². The van der Waals surface area contributed by atoms with E-state index in [4.69, 9.17) is 4.74 Å². The van der Waals surface area contributed by atoms with E-state index in [9.17, 15) is 14.0 Å². The number of amides is 2. The van der Waals surface area contributed by atoms with Crippen molar-refractivity contribution in [3.63, 3.8) is 0 Å². The quantitative estimate of drug-likeness (QED) is 0.519. The normalized spacial score (nSPS) is 17.6. The number of hydrogen-bond acceptors (Lipinski definition) is 3. The monoisotopic (exact) mass is 474 g/mol. The van der Waals surface area contributed by atoms with Gasteiger partial charge in [-0.2, -0.15) is 0 Å². The smallest absolute Gasteiger partial charge is 0.254 e. The molecule has 3 aromatic rings. The summed E-state index contributed by atoms with van der Waals surface area (Å²) < 4.78 is 19.3. The van der Waals surface area contributed by atoms with Crippen LogP contribution in [-0.4, -0.2) is 36.9 Å². The highest BCUT2D eigenvalue weighted by atomic mass is 19.1. The van der Waals surface area contributed by atoms with Crippen LogP contribution in [0.2, 0.25) is 0 Å². The summed E-state index contributed by atoms with van der Waals surface area (Å²) in [4.78, 5) is 28.3. The molecule has 1 aliphatic rings. The van der Waals surface area contributed by atoms with E-state index in [1.165, 1.54) is 18.2 Å². The molecule has 0 saturated carbocycles. The maximum atomic E-state index is 13.9. The molecular weight excluding hydrogens is 443 g/mol. The van der Waals surface area contributed by atoms with Crippen LogP contribution >= 0.6 is 0 Å². The molecule has 2 amide bonds. The predicted molar refractivity (Wildman–Crippen MR) is 134 cm³/mol. The first-order chi connectivity index (χ1) is 17.0. The van der Waals surface area contributed by atoms with E-state index >= 15 is 0 Å². The van der Waals surface area contributed by atoms with Gasteiger partial charge in [0.2, 0.25) is 5.91 Å². The van der Waals surface area contributed by atoms with Crippen molar-refractivity contribution in [2.24, 2.45) is 5.92 Å². The number of carbonyl (C=O) groups is 2. The van der Waals surface area contributed by atoms with E-state index < -0.39 is 5.82 Å². The standard InChI is InChI=1S/C29H31FN2O3/c1-20-7-5-9-22(17-20)26-14-13-24(19-32(26)29(34)23-10-6-11-25(30)18-23)28(33)31-16-15-21-8-3-4-12-27(21)35-2/h3-12,17-18,24,26H,13-16,19H2,1-2H3,(H,31,33)/t24-,26-/m0/s1. The van der Waals surface area contributed by atoms with Crippen LogP contribution in [0.25, 0.3) is 0 Å². The molecule has 1 aliphatic heterocycles. The lowest BCUT2D eigenvalue weighted by molar-refractivity contribution is -0.126. The number of likely N-dealkylation sites (tertiary alicyclic amines) is 1. The Morgan fingerprint density at radius 2 is 1.83 bits per heavy atom. The highest BCUT2D eigenvalue weighted by molar-refractivity contribution is 5.95. The van der Waals surface area contributed by atoms with Crippen LogP contribution in [0.1, 0.15) is 45.9 Å². The van der Waals surface area contributed by atoms with E-state index in [2.05, 4.69) is 11.4 Å². The number of para-hydroxylation sites is 1. The molecule has 0 aromatic heterocycles. The zero-order valence-corrected chi connectivity index (χ0v) is 20.2. The van der Waals surface area contributed by atoms with E-state index in [-0.39, 0.29) is 30.3 Å². The molecule has 0 radical (unpaired) electrons. The summed E-state index contributed by atoms with van der Waals surface area (Å²) in [5.41, 5.74) is 3.46. The molecule has 1 heterocycles. The molecule has 4 rings (SSSR count). The minimum absolute atomic E-state index is 0.0698. The Hall–Kier alpha value is -3.67. The number of hydrogen-bond donors (Lipinski definition) is 1. The average molecular weight is 475 g/mol. The second kappa shape index (κ2) is 11.2. The Labute approximate surface area is 205 Å². The molecule has 3 aromatic carbocycles. The molecule has 0 bridgehead atoms. The van der Waals surface area contributed by atoms with E-state index in [0.29, 0.717) is 31.4 Å². The van der Waals surface area contributed by atoms with Crippen molar-refractivity contribution in [2.75, 3.05) is 20.2 Å². The minimum Gasteiger partial charge on any atom is -0.496 e. The Bertz CT molecular complexity index is 1200. The molecular formula is C29H31FN2O3. The van der Waals surface area contributed by atoms with Gasteiger partial charge in [-0.25, -0.2) is 4.39 Å². The van der Waals surface area contributed by atoms with Crippen LogP contribution in [0, 0.1) is 18.7 Å². The molecule has 2 atom stereocenters. The summed E-state index contributed by atoms with van der Waals surface area (Å²) in [6, 6.07) is 21.4. The number of ether oxygens (including phenoxy) is 1. The fraction of sp³-hybridized carbons (Fsp3) is 0.310. The number of nitrogens with one attached hydrogen (secondary N) is 1. The SMILES string of the molecule is COc1ccccc1CCNC(=O)[C@H]1CC[C@@H](c2cccc(C)c2)N(C(=O)c2cccc(F)c2)C1. The second-order valence-corrected chi connectivity index (χ2v) is 9.02. The van der Waals surface area contributed by atoms with Crippen LogP contribution in [0.3, 0.4) is 0 Å². The van der Waals surface area contributed by atoms with Gasteiger partial charge in [0.05, 0.1) is 19.1 Å². The first-order valence-electron chi connectivity index (χ1n) is 12.0. The number of methoxy groups -OCH3 is 1. The lowest BCUT2D eigenvalue weighted by Crippen LogP contribution is -2.47. The molecule has 6 heteroatoms. The molecule has 0 aliphatic carbocycles. The average Bonchev–Trinajstić information content (AvgIpc) is 2.88. The van der Waals surface area contributed by atoms with Crippen molar-refractivity contribution in [2.45, 2.75) is 32.2 Å². The first kappa shape index (κ1) is 24.5. The summed E-state index contributed by atoms with van der Waals surface area (Å²) >= 11 is 0. The van der Waals surface area contributed by atoms with Crippen molar-refractivity contribution in [1.82, 2.24) is 10.2 Å². The van der Waals surface area contributed by atoms with Gasteiger partial charge in [-0.15, -0.1) is 0 Å². The summed E-state index contributed by atoms with van der Waals surface area (Å²) in [5, 5.41) is 3.03. The number of benzene rings is 3. The number of aryl methyl sites for hydroxylation is 1. The maximum absolute atomic E-state index is 13.9. The lowest BCUT2D eigenvalue weighted by atomic mass is 9.87. The summed E-state index contributed by atoms with van der Waals surface area (Å²) in [6.07, 6.45) is 1.99. The minimum atomic E-state index is -0.453. The van der Waals surface area contributed by atoms with Crippen LogP contribution < -0.4 is 10.1 Å². The third-order valence-electron chi connectivity index (χ3n) is 6.60. The highest BCUT2D eigenvalue weighted by Gasteiger charge is 2.36. The summed E-state index contributed by atoms with van der Waals surface area (Å²) in [6.45, 7) is 2.78. The van der Waals surface area contributed by atoms with Crippen LogP contribution in [-0.2, 0) is 11.2 Å². The summed E-state index contributed by atoms with van der Waals surface area (Å²) in [7, 11) is 1.63. The number of carbonyl (C=O) groups excluding carboxylic acids is 2. The number of piperidine rings is 1. The van der Waals surface area contributed by atoms with Gasteiger partial charge in [0, 0.05) is 18.7 Å². The largest absolute Gasteiger partial charge is 0.496 e. The zero-order chi connectivity index (χ0) is 24.8. The fourth-order valence-corrected chi connectivity index (χ4v) is 4.79. The van der Waals surface area contributed by atoms with Gasteiger partial charge < -0.3 is 15.0 Å². The third-order valence-corrected chi connectivity index (χ3v) is 6.60. The van der Waals surface area contributed by atoms with Gasteiger partial charge in [-0.3, -0.25) is 9.59 Å². The van der Waals surface area contributed by atoms with Crippen molar-refractivity contribution in [3.8, 4) is 5.75 Å². The predicted octanol–water partition coefficient (Wildman–Crippen LogP) is 5.10. The van der Waals surface area contributed by atoms with Crippen molar-refractivity contribution in [1.29, 1.82) is 0 Å². The lowest BCUT2D eigenvalue weighted by Gasteiger charge is -2.39. The molecule has 0 unspecified atom stereocenters. The Morgan fingerprint density at radius 3 is 2.60 bits per heavy atom. The van der Waals surface area contributed by atoms with Gasteiger partial charge in [-0.1, -0.05) is 54.1 Å². The summed E-state index contributed by atoms with van der Waals surface area (Å²) in [5.74, 6) is -0.314. The Balaban J connectivity index is 1.48. The Kier molecular flexibility index (Phi) is 7.80. The van der Waals surface area contributed by atoms with Gasteiger partial charge in [0.25, 0.3) is 5.91 Å². The van der Waals surface area contributed by atoms with Crippen molar-refractivity contribution in [3.05, 3.63) is 101 Å². The zero-order valence-electron chi connectivity index (χ0n) is 20.2. The molecule has 1 fully saturated rings. The second-order valence-electron chi connectivity index (χ2n) is 9.02. The molecule has 1 N–H and O–H groups in total. The molecule has 0 spiro atoms. The maximum Gasteiger partial charge on any atom is 0.254 e. The van der Waals surface area contributed by atoms with Gasteiger partial charge in [-0.05, 0) is 61.6 Å².